The van der Waals surface area contributed by atoms with Gasteiger partial charge in [-0.3, -0.25) is 0 Å². The van der Waals surface area contributed by atoms with Crippen LogP contribution in [0.15, 0.2) is 46.1 Å². The number of halogens is 3. The second kappa shape index (κ2) is 8.03. The zero-order chi connectivity index (χ0) is 19.7. The fourth-order valence-corrected chi connectivity index (χ4v) is 3.76. The zero-order valence-corrected chi connectivity index (χ0v) is 16.8. The van der Waals surface area contributed by atoms with Crippen molar-refractivity contribution in [2.24, 2.45) is 5.16 Å². The van der Waals surface area contributed by atoms with Crippen LogP contribution in [0.2, 0.25) is 15.1 Å². The first-order chi connectivity index (χ1) is 13.6. The van der Waals surface area contributed by atoms with Gasteiger partial charge in [0.2, 0.25) is 0 Å². The second-order valence-corrected chi connectivity index (χ2v) is 7.68. The molecule has 0 radical (unpaired) electrons. The molecule has 0 amide bonds. The lowest BCUT2D eigenvalue weighted by atomic mass is 10.0. The molecule has 28 heavy (non-hydrogen) atoms. The summed E-state index contributed by atoms with van der Waals surface area (Å²) in [4.78, 5) is 0. The third kappa shape index (κ3) is 3.83. The predicted molar refractivity (Wildman–Crippen MR) is 109 cm³/mol. The third-order valence-corrected chi connectivity index (χ3v) is 5.48. The van der Waals surface area contributed by atoms with Crippen LogP contribution in [0.4, 0.5) is 0 Å². The number of oxime groups is 1. The lowest BCUT2D eigenvalue weighted by Gasteiger charge is -2.10. The van der Waals surface area contributed by atoms with Crippen molar-refractivity contribution in [3.63, 3.8) is 0 Å². The smallest absolute Gasteiger partial charge is 0.147 e. The number of ether oxygens (including phenoxy) is 1. The van der Waals surface area contributed by atoms with Crippen LogP contribution in [-0.2, 0) is 6.61 Å². The molecule has 1 aliphatic carbocycles. The Bertz CT molecular complexity index is 1020. The molecule has 0 saturated heterocycles. The molecule has 2 aromatic carbocycles. The Morgan fingerprint density at radius 1 is 1.14 bits per heavy atom. The van der Waals surface area contributed by atoms with E-state index >= 15 is 0 Å². The zero-order valence-electron chi connectivity index (χ0n) is 14.5. The minimum Gasteiger partial charge on any atom is -0.489 e. The van der Waals surface area contributed by atoms with E-state index in [9.17, 15) is 0 Å². The van der Waals surface area contributed by atoms with Crippen molar-refractivity contribution in [3.05, 3.63) is 68.4 Å². The number of hydrogen-bond acceptors (Lipinski definition) is 5. The van der Waals surface area contributed by atoms with Gasteiger partial charge in [0.25, 0.3) is 0 Å². The molecule has 0 atom stereocenters. The summed E-state index contributed by atoms with van der Waals surface area (Å²) in [6.45, 7) is 0.232. The molecule has 1 fully saturated rings. The molecule has 1 aromatic heterocycles. The van der Waals surface area contributed by atoms with Crippen LogP contribution in [0.1, 0.15) is 35.6 Å². The van der Waals surface area contributed by atoms with Crippen LogP contribution in [0, 0.1) is 0 Å². The molecule has 0 unspecified atom stereocenters. The number of rotatable bonds is 6. The number of hydrogen-bond donors (Lipinski definition) is 1. The summed E-state index contributed by atoms with van der Waals surface area (Å²) < 4.78 is 11.6. The standard InChI is InChI=1S/C20H15Cl3N2O3/c21-15-2-1-3-16(22)18(15)19-14(20(28-25-19)11-4-5-11)10-27-13-7-6-12(9-24-26)17(23)8-13/h1-3,6-9,11,26H,4-5,10H2/b24-9+. The van der Waals surface area contributed by atoms with Crippen molar-refractivity contribution in [2.45, 2.75) is 25.4 Å². The highest BCUT2D eigenvalue weighted by atomic mass is 35.5. The molecule has 4 rings (SSSR count). The maximum Gasteiger partial charge on any atom is 0.147 e. The molecular formula is C20H15Cl3N2O3. The van der Waals surface area contributed by atoms with Crippen molar-refractivity contribution in [3.8, 4) is 17.0 Å². The first kappa shape index (κ1) is 19.1. The highest BCUT2D eigenvalue weighted by Crippen LogP contribution is 2.46. The Kier molecular flexibility index (Phi) is 5.49. The van der Waals surface area contributed by atoms with Crippen molar-refractivity contribution >= 4 is 41.0 Å². The van der Waals surface area contributed by atoms with E-state index in [0.717, 1.165) is 24.2 Å². The highest BCUT2D eigenvalue weighted by molar-refractivity contribution is 6.39. The molecule has 0 spiro atoms. The minimum atomic E-state index is 0.232. The third-order valence-electron chi connectivity index (χ3n) is 4.52. The molecule has 1 heterocycles. The Labute approximate surface area is 176 Å². The van der Waals surface area contributed by atoms with Gasteiger partial charge in [-0.15, -0.1) is 0 Å². The van der Waals surface area contributed by atoms with Gasteiger partial charge >= 0.3 is 0 Å². The Balaban J connectivity index is 1.66. The van der Waals surface area contributed by atoms with E-state index in [0.29, 0.717) is 43.6 Å². The summed E-state index contributed by atoms with van der Waals surface area (Å²) in [6, 6.07) is 10.4. The quantitative estimate of drug-likeness (QED) is 0.269. The molecule has 8 heteroatoms. The summed E-state index contributed by atoms with van der Waals surface area (Å²) in [7, 11) is 0. The summed E-state index contributed by atoms with van der Waals surface area (Å²) >= 11 is 18.9. The van der Waals surface area contributed by atoms with Crippen molar-refractivity contribution in [2.75, 3.05) is 0 Å². The first-order valence-corrected chi connectivity index (χ1v) is 9.74. The summed E-state index contributed by atoms with van der Waals surface area (Å²) in [6.07, 6.45) is 3.37. The SMILES string of the molecule is O/N=C/c1ccc(OCc2c(-c3c(Cl)cccc3Cl)noc2C2CC2)cc1Cl. The molecular weight excluding hydrogens is 423 g/mol. The van der Waals surface area contributed by atoms with Crippen LogP contribution < -0.4 is 4.74 Å². The highest BCUT2D eigenvalue weighted by Gasteiger charge is 2.33. The molecule has 1 N–H and O–H groups in total. The van der Waals surface area contributed by atoms with E-state index in [4.69, 9.17) is 49.3 Å². The van der Waals surface area contributed by atoms with E-state index in [2.05, 4.69) is 10.3 Å². The Morgan fingerprint density at radius 3 is 2.54 bits per heavy atom. The van der Waals surface area contributed by atoms with Gasteiger partial charge < -0.3 is 14.5 Å². The summed E-state index contributed by atoms with van der Waals surface area (Å²) in [5.41, 5.74) is 2.64. The van der Waals surface area contributed by atoms with Gasteiger partial charge in [0.15, 0.2) is 0 Å². The number of aromatic nitrogens is 1. The van der Waals surface area contributed by atoms with Crippen molar-refractivity contribution in [1.82, 2.24) is 5.16 Å². The van der Waals surface area contributed by atoms with Crippen LogP contribution in [0.25, 0.3) is 11.3 Å². The van der Waals surface area contributed by atoms with Gasteiger partial charge in [-0.05, 0) is 43.2 Å². The van der Waals surface area contributed by atoms with Crippen LogP contribution in [0.3, 0.4) is 0 Å². The van der Waals surface area contributed by atoms with Crippen LogP contribution in [-0.4, -0.2) is 16.6 Å². The lowest BCUT2D eigenvalue weighted by Crippen LogP contribution is -2.00. The predicted octanol–water partition coefficient (Wildman–Crippen LogP) is 6.57. The largest absolute Gasteiger partial charge is 0.489 e. The van der Waals surface area contributed by atoms with Crippen molar-refractivity contribution in [1.29, 1.82) is 0 Å². The van der Waals surface area contributed by atoms with Gasteiger partial charge in [-0.25, -0.2) is 0 Å². The maximum absolute atomic E-state index is 8.65. The molecule has 0 aliphatic heterocycles. The van der Waals surface area contributed by atoms with E-state index in [1.165, 1.54) is 6.21 Å². The molecule has 1 saturated carbocycles. The molecule has 3 aromatic rings. The minimum absolute atomic E-state index is 0.232. The Morgan fingerprint density at radius 2 is 1.89 bits per heavy atom. The fourth-order valence-electron chi connectivity index (χ4n) is 2.97. The molecule has 0 bridgehead atoms. The van der Waals surface area contributed by atoms with Gasteiger partial charge in [0, 0.05) is 17.0 Å². The van der Waals surface area contributed by atoms with Crippen LogP contribution >= 0.6 is 34.8 Å². The van der Waals surface area contributed by atoms with E-state index in [1.54, 1.807) is 36.4 Å². The second-order valence-electron chi connectivity index (χ2n) is 6.46. The van der Waals surface area contributed by atoms with Gasteiger partial charge in [0.1, 0.15) is 23.8 Å². The van der Waals surface area contributed by atoms with E-state index in [1.807, 2.05) is 0 Å². The van der Waals surface area contributed by atoms with E-state index < -0.39 is 0 Å². The molecule has 144 valence electrons. The fraction of sp³-hybridized carbons (Fsp3) is 0.200. The van der Waals surface area contributed by atoms with Gasteiger partial charge in [-0.1, -0.05) is 51.2 Å². The van der Waals surface area contributed by atoms with Gasteiger partial charge in [-0.2, -0.15) is 0 Å². The first-order valence-electron chi connectivity index (χ1n) is 8.61. The number of nitrogens with zero attached hydrogens (tertiary/aromatic N) is 2. The number of benzene rings is 2. The topological polar surface area (TPSA) is 67.9 Å². The van der Waals surface area contributed by atoms with Crippen LogP contribution in [0.5, 0.6) is 5.75 Å². The summed E-state index contributed by atoms with van der Waals surface area (Å²) in [5, 5.41) is 17.3. The Hall–Kier alpha value is -2.21. The lowest BCUT2D eigenvalue weighted by molar-refractivity contribution is 0.300. The monoisotopic (exact) mass is 436 g/mol. The van der Waals surface area contributed by atoms with E-state index in [-0.39, 0.29) is 6.61 Å². The normalized spacial score (nSPS) is 14.0. The maximum atomic E-state index is 8.65. The summed E-state index contributed by atoms with van der Waals surface area (Å²) in [5.74, 6) is 1.72. The molecule has 5 nitrogen and oxygen atoms in total. The van der Waals surface area contributed by atoms with Gasteiger partial charge in [0.05, 0.1) is 26.8 Å². The average molecular weight is 438 g/mol. The average Bonchev–Trinajstić information content (AvgIpc) is 3.43. The van der Waals surface area contributed by atoms with Crippen molar-refractivity contribution < 1.29 is 14.5 Å². The molecule has 1 aliphatic rings.